The van der Waals surface area contributed by atoms with Crippen LogP contribution in [0.4, 0.5) is 0 Å². The highest BCUT2D eigenvalue weighted by Gasteiger charge is 2.18. The summed E-state index contributed by atoms with van der Waals surface area (Å²) in [5, 5.41) is 10.9. The van der Waals surface area contributed by atoms with Crippen LogP contribution in [0.2, 0.25) is 0 Å². The van der Waals surface area contributed by atoms with Gasteiger partial charge in [0.15, 0.2) is 0 Å². The van der Waals surface area contributed by atoms with Gasteiger partial charge in [0.25, 0.3) is 0 Å². The van der Waals surface area contributed by atoms with Crippen LogP contribution in [0.5, 0.6) is 11.5 Å². The van der Waals surface area contributed by atoms with Crippen molar-refractivity contribution in [3.05, 3.63) is 69.6 Å². The van der Waals surface area contributed by atoms with Gasteiger partial charge in [-0.05, 0) is 43.7 Å². The van der Waals surface area contributed by atoms with Crippen molar-refractivity contribution in [2.45, 2.75) is 32.9 Å². The molecule has 0 radical (unpaired) electrons. The van der Waals surface area contributed by atoms with Crippen molar-refractivity contribution in [2.24, 2.45) is 0 Å². The van der Waals surface area contributed by atoms with Crippen LogP contribution in [0, 0.1) is 0 Å². The summed E-state index contributed by atoms with van der Waals surface area (Å²) in [5.41, 5.74) is 2.78. The number of fused-ring (bicyclic) bond motifs is 1. The van der Waals surface area contributed by atoms with E-state index in [2.05, 4.69) is 11.8 Å². The Hall–Kier alpha value is -2.79. The zero-order chi connectivity index (χ0) is 19.6. The van der Waals surface area contributed by atoms with Gasteiger partial charge in [0, 0.05) is 35.7 Å². The summed E-state index contributed by atoms with van der Waals surface area (Å²) >= 11 is 0. The number of aryl methyl sites for hydroxylation is 1. The topological polar surface area (TPSA) is 62.9 Å². The van der Waals surface area contributed by atoms with E-state index < -0.39 is 5.63 Å². The highest BCUT2D eigenvalue weighted by atomic mass is 16.5. The number of aromatic hydroxyl groups is 1. The lowest BCUT2D eigenvalue weighted by atomic mass is 10.0. The predicted molar refractivity (Wildman–Crippen MR) is 106 cm³/mol. The Balaban J connectivity index is 1.99. The first-order chi connectivity index (χ1) is 12.9. The van der Waals surface area contributed by atoms with Gasteiger partial charge in [-0.2, -0.15) is 0 Å². The van der Waals surface area contributed by atoms with E-state index in [0.29, 0.717) is 18.5 Å². The largest absolute Gasteiger partial charge is 0.508 e. The standard InChI is InChI=1S/C22H25NO4/c1-5-15-10-18-16(11-22(25)27-21(18)12-19(15)24)13-23(3)14(2)17-8-6-7-9-20(17)26-4/h6-12,14,24H,5,13H2,1-4H3. The van der Waals surface area contributed by atoms with Crippen LogP contribution in [-0.2, 0) is 13.0 Å². The molecular formula is C22H25NO4. The van der Waals surface area contributed by atoms with Crippen molar-refractivity contribution in [1.29, 1.82) is 0 Å². The molecule has 1 atom stereocenters. The highest BCUT2D eigenvalue weighted by molar-refractivity contribution is 5.82. The molecular weight excluding hydrogens is 342 g/mol. The molecule has 27 heavy (non-hydrogen) atoms. The van der Waals surface area contributed by atoms with E-state index >= 15 is 0 Å². The average molecular weight is 367 g/mol. The maximum Gasteiger partial charge on any atom is 0.336 e. The lowest BCUT2D eigenvalue weighted by Crippen LogP contribution is -2.23. The summed E-state index contributed by atoms with van der Waals surface area (Å²) in [5.74, 6) is 0.994. The zero-order valence-corrected chi connectivity index (χ0v) is 16.2. The number of ether oxygens (including phenoxy) is 1. The highest BCUT2D eigenvalue weighted by Crippen LogP contribution is 2.31. The third-order valence-corrected chi connectivity index (χ3v) is 5.08. The predicted octanol–water partition coefficient (Wildman–Crippen LogP) is 4.26. The molecule has 2 aromatic carbocycles. The third kappa shape index (κ3) is 3.83. The van der Waals surface area contributed by atoms with E-state index in [0.717, 1.165) is 27.8 Å². The minimum atomic E-state index is -0.417. The van der Waals surface area contributed by atoms with E-state index in [1.807, 2.05) is 44.3 Å². The first-order valence-corrected chi connectivity index (χ1v) is 9.06. The maximum absolute atomic E-state index is 12.0. The number of phenolic OH excluding ortho intramolecular Hbond substituents is 1. The Kier molecular flexibility index (Phi) is 5.51. The molecule has 3 rings (SSSR count). The van der Waals surface area contributed by atoms with Gasteiger partial charge in [0.1, 0.15) is 17.1 Å². The number of para-hydroxylation sites is 1. The van der Waals surface area contributed by atoms with Gasteiger partial charge >= 0.3 is 5.63 Å². The number of hydrogen-bond donors (Lipinski definition) is 1. The summed E-state index contributed by atoms with van der Waals surface area (Å²) in [6, 6.07) is 13.0. The smallest absolute Gasteiger partial charge is 0.336 e. The SMILES string of the molecule is CCc1cc2c(CN(C)C(C)c3ccccc3OC)cc(=O)oc2cc1O. The molecule has 142 valence electrons. The van der Waals surface area contributed by atoms with Gasteiger partial charge in [-0.15, -0.1) is 0 Å². The van der Waals surface area contributed by atoms with Crippen LogP contribution in [0.25, 0.3) is 11.0 Å². The first kappa shape index (κ1) is 19.0. The van der Waals surface area contributed by atoms with E-state index in [-0.39, 0.29) is 11.8 Å². The molecule has 0 bridgehead atoms. The van der Waals surface area contributed by atoms with Gasteiger partial charge in [0.05, 0.1) is 7.11 Å². The number of phenols is 1. The number of hydrogen-bond acceptors (Lipinski definition) is 5. The normalized spacial score (nSPS) is 12.5. The van der Waals surface area contributed by atoms with Crippen molar-refractivity contribution in [2.75, 3.05) is 14.2 Å². The number of rotatable bonds is 6. The van der Waals surface area contributed by atoms with E-state index in [9.17, 15) is 9.90 Å². The second-order valence-corrected chi connectivity index (χ2v) is 6.75. The second-order valence-electron chi connectivity index (χ2n) is 6.75. The molecule has 0 fully saturated rings. The van der Waals surface area contributed by atoms with Gasteiger partial charge < -0.3 is 14.3 Å². The molecule has 5 heteroatoms. The molecule has 1 N–H and O–H groups in total. The van der Waals surface area contributed by atoms with Crippen molar-refractivity contribution < 1.29 is 14.3 Å². The molecule has 1 heterocycles. The lowest BCUT2D eigenvalue weighted by Gasteiger charge is -2.26. The molecule has 5 nitrogen and oxygen atoms in total. The molecule has 1 unspecified atom stereocenters. The Morgan fingerprint density at radius 3 is 2.63 bits per heavy atom. The van der Waals surface area contributed by atoms with Crippen LogP contribution in [0.15, 0.2) is 51.7 Å². The van der Waals surface area contributed by atoms with Crippen LogP contribution in [-0.4, -0.2) is 24.2 Å². The molecule has 0 spiro atoms. The van der Waals surface area contributed by atoms with Crippen LogP contribution in [0.1, 0.15) is 36.6 Å². The van der Waals surface area contributed by atoms with Crippen molar-refractivity contribution >= 4 is 11.0 Å². The molecule has 1 aromatic heterocycles. The summed E-state index contributed by atoms with van der Waals surface area (Å²) in [6.45, 7) is 4.65. The molecule has 0 aliphatic carbocycles. The molecule has 0 saturated carbocycles. The molecule has 0 amide bonds. The Morgan fingerprint density at radius 1 is 1.19 bits per heavy atom. The monoisotopic (exact) mass is 367 g/mol. The van der Waals surface area contributed by atoms with Crippen LogP contribution >= 0.6 is 0 Å². The average Bonchev–Trinajstić information content (AvgIpc) is 2.66. The van der Waals surface area contributed by atoms with Crippen molar-refractivity contribution in [3.63, 3.8) is 0 Å². The fourth-order valence-electron chi connectivity index (χ4n) is 3.38. The molecule has 0 saturated heterocycles. The second kappa shape index (κ2) is 7.84. The summed E-state index contributed by atoms with van der Waals surface area (Å²) in [4.78, 5) is 14.2. The number of methoxy groups -OCH3 is 1. The maximum atomic E-state index is 12.0. The summed E-state index contributed by atoms with van der Waals surface area (Å²) < 4.78 is 10.8. The Morgan fingerprint density at radius 2 is 1.93 bits per heavy atom. The summed E-state index contributed by atoms with van der Waals surface area (Å²) in [6.07, 6.45) is 0.702. The lowest BCUT2D eigenvalue weighted by molar-refractivity contribution is 0.247. The Labute approximate surface area is 158 Å². The van der Waals surface area contributed by atoms with E-state index in [4.69, 9.17) is 9.15 Å². The minimum absolute atomic E-state index is 0.0891. The van der Waals surface area contributed by atoms with Crippen molar-refractivity contribution in [1.82, 2.24) is 4.90 Å². The number of benzene rings is 2. The van der Waals surface area contributed by atoms with E-state index in [1.54, 1.807) is 7.11 Å². The van der Waals surface area contributed by atoms with Gasteiger partial charge in [0.2, 0.25) is 0 Å². The summed E-state index contributed by atoms with van der Waals surface area (Å²) in [7, 11) is 3.68. The quantitative estimate of drug-likeness (QED) is 0.660. The molecule has 0 aliphatic rings. The van der Waals surface area contributed by atoms with Gasteiger partial charge in [-0.1, -0.05) is 25.1 Å². The van der Waals surface area contributed by atoms with Gasteiger partial charge in [-0.3, -0.25) is 4.90 Å². The van der Waals surface area contributed by atoms with E-state index in [1.165, 1.54) is 12.1 Å². The van der Waals surface area contributed by atoms with Crippen LogP contribution < -0.4 is 10.4 Å². The fraction of sp³-hybridized carbons (Fsp3) is 0.318. The Bertz CT molecular complexity index is 1010. The fourth-order valence-corrected chi connectivity index (χ4v) is 3.38. The number of nitrogens with zero attached hydrogens (tertiary/aromatic N) is 1. The van der Waals surface area contributed by atoms with Gasteiger partial charge in [-0.25, -0.2) is 4.79 Å². The minimum Gasteiger partial charge on any atom is -0.508 e. The first-order valence-electron chi connectivity index (χ1n) is 9.06. The van der Waals surface area contributed by atoms with Crippen LogP contribution in [0.3, 0.4) is 0 Å². The van der Waals surface area contributed by atoms with Crippen molar-refractivity contribution in [3.8, 4) is 11.5 Å². The molecule has 3 aromatic rings. The zero-order valence-electron chi connectivity index (χ0n) is 16.2. The third-order valence-electron chi connectivity index (χ3n) is 5.08. The molecule has 0 aliphatic heterocycles.